The predicted octanol–water partition coefficient (Wildman–Crippen LogP) is 6.15. The van der Waals surface area contributed by atoms with Crippen molar-refractivity contribution in [2.45, 2.75) is 36.8 Å². The Morgan fingerprint density at radius 3 is 2.20 bits per heavy atom. The molecule has 1 atom stereocenters. The number of carbonyl (C=O) groups excluding carboxylic acids is 3. The standard InChI is InChI=1S/C27H27FN2O4S/c1-3-4-17-34-27(33)19-9-11-20(12-10-19)29-25(31)18(2)35-22-15-13-21(14-16-22)30-26(32)23-7-5-6-8-24(23)28/h5-16,18H,3-4,17H2,1-2H3,(H,29,31)(H,30,32). The summed E-state index contributed by atoms with van der Waals surface area (Å²) in [4.78, 5) is 37.7. The molecule has 3 aromatic rings. The molecule has 2 amide bonds. The van der Waals surface area contributed by atoms with Crippen molar-refractivity contribution in [1.29, 1.82) is 0 Å². The summed E-state index contributed by atoms with van der Waals surface area (Å²) in [6.45, 7) is 4.20. The van der Waals surface area contributed by atoms with Crippen molar-refractivity contribution in [2.75, 3.05) is 17.2 Å². The van der Waals surface area contributed by atoms with Gasteiger partial charge in [-0.3, -0.25) is 9.59 Å². The molecule has 1 unspecified atom stereocenters. The van der Waals surface area contributed by atoms with E-state index < -0.39 is 17.0 Å². The van der Waals surface area contributed by atoms with Gasteiger partial charge in [0.2, 0.25) is 5.91 Å². The minimum atomic E-state index is -0.585. The zero-order valence-corrected chi connectivity index (χ0v) is 20.4. The molecule has 3 rings (SSSR count). The van der Waals surface area contributed by atoms with E-state index in [0.717, 1.165) is 17.7 Å². The molecule has 0 bridgehead atoms. The quantitative estimate of drug-likeness (QED) is 0.200. The molecule has 0 aliphatic heterocycles. The molecule has 0 aliphatic carbocycles. The molecular weight excluding hydrogens is 467 g/mol. The Balaban J connectivity index is 1.50. The number of anilines is 2. The summed E-state index contributed by atoms with van der Waals surface area (Å²) < 4.78 is 19.0. The number of hydrogen-bond acceptors (Lipinski definition) is 5. The van der Waals surface area contributed by atoms with Gasteiger partial charge in [0.1, 0.15) is 5.82 Å². The summed E-state index contributed by atoms with van der Waals surface area (Å²) in [6, 6.07) is 19.3. The topological polar surface area (TPSA) is 84.5 Å². The summed E-state index contributed by atoms with van der Waals surface area (Å²) in [7, 11) is 0. The third-order valence-corrected chi connectivity index (χ3v) is 6.14. The fraction of sp³-hybridized carbons (Fsp3) is 0.222. The lowest BCUT2D eigenvalue weighted by molar-refractivity contribution is -0.115. The maximum atomic E-state index is 13.8. The van der Waals surface area contributed by atoms with Gasteiger partial charge in [-0.15, -0.1) is 11.8 Å². The monoisotopic (exact) mass is 494 g/mol. The second kappa shape index (κ2) is 12.7. The van der Waals surface area contributed by atoms with Gasteiger partial charge in [0, 0.05) is 16.3 Å². The van der Waals surface area contributed by atoms with Gasteiger partial charge >= 0.3 is 5.97 Å². The van der Waals surface area contributed by atoms with Crippen LogP contribution in [0.15, 0.2) is 77.7 Å². The lowest BCUT2D eigenvalue weighted by Crippen LogP contribution is -2.22. The van der Waals surface area contributed by atoms with Crippen LogP contribution in [0.3, 0.4) is 0 Å². The summed E-state index contributed by atoms with van der Waals surface area (Å²) in [5, 5.41) is 5.10. The van der Waals surface area contributed by atoms with Crippen molar-refractivity contribution in [3.63, 3.8) is 0 Å². The molecule has 0 aromatic heterocycles. The average molecular weight is 495 g/mol. The van der Waals surface area contributed by atoms with Crippen LogP contribution < -0.4 is 10.6 Å². The first-order valence-corrected chi connectivity index (χ1v) is 12.2. The summed E-state index contributed by atoms with van der Waals surface area (Å²) >= 11 is 1.36. The van der Waals surface area contributed by atoms with Gasteiger partial charge in [-0.1, -0.05) is 25.5 Å². The van der Waals surface area contributed by atoms with E-state index in [1.54, 1.807) is 61.5 Å². The van der Waals surface area contributed by atoms with Crippen molar-refractivity contribution < 1.29 is 23.5 Å². The van der Waals surface area contributed by atoms with E-state index in [0.29, 0.717) is 23.5 Å². The molecule has 0 saturated heterocycles. The van der Waals surface area contributed by atoms with Crippen LogP contribution in [-0.4, -0.2) is 29.6 Å². The molecule has 0 heterocycles. The van der Waals surface area contributed by atoms with E-state index in [1.807, 2.05) is 6.92 Å². The highest BCUT2D eigenvalue weighted by atomic mass is 32.2. The van der Waals surface area contributed by atoms with Crippen LogP contribution in [-0.2, 0) is 9.53 Å². The zero-order valence-electron chi connectivity index (χ0n) is 19.5. The highest BCUT2D eigenvalue weighted by molar-refractivity contribution is 8.00. The molecule has 2 N–H and O–H groups in total. The number of benzene rings is 3. The van der Waals surface area contributed by atoms with Crippen molar-refractivity contribution in [1.82, 2.24) is 0 Å². The van der Waals surface area contributed by atoms with Gasteiger partial charge < -0.3 is 15.4 Å². The number of thioether (sulfide) groups is 1. The van der Waals surface area contributed by atoms with E-state index in [9.17, 15) is 18.8 Å². The number of carbonyl (C=O) groups is 3. The third kappa shape index (κ3) is 7.68. The predicted molar refractivity (Wildman–Crippen MR) is 136 cm³/mol. The lowest BCUT2D eigenvalue weighted by Gasteiger charge is -2.13. The van der Waals surface area contributed by atoms with Gasteiger partial charge in [0.25, 0.3) is 5.91 Å². The number of unbranched alkanes of at least 4 members (excludes halogenated alkanes) is 1. The number of ether oxygens (including phenoxy) is 1. The Labute approximate surface area is 208 Å². The van der Waals surface area contributed by atoms with Gasteiger partial charge in [0.15, 0.2) is 0 Å². The van der Waals surface area contributed by atoms with Gasteiger partial charge in [-0.2, -0.15) is 0 Å². The van der Waals surface area contributed by atoms with Crippen LogP contribution in [0.5, 0.6) is 0 Å². The normalized spacial score (nSPS) is 11.4. The molecule has 0 saturated carbocycles. The average Bonchev–Trinajstić information content (AvgIpc) is 2.86. The Kier molecular flexibility index (Phi) is 9.43. The lowest BCUT2D eigenvalue weighted by atomic mass is 10.2. The SMILES string of the molecule is CCCCOC(=O)c1ccc(NC(=O)C(C)Sc2ccc(NC(=O)c3ccccc3F)cc2)cc1. The molecule has 182 valence electrons. The largest absolute Gasteiger partial charge is 0.462 e. The zero-order chi connectivity index (χ0) is 25.2. The van der Waals surface area contributed by atoms with E-state index >= 15 is 0 Å². The number of nitrogens with one attached hydrogen (secondary N) is 2. The Morgan fingerprint density at radius 1 is 0.914 bits per heavy atom. The van der Waals surface area contributed by atoms with Crippen LogP contribution in [0.25, 0.3) is 0 Å². The summed E-state index contributed by atoms with van der Waals surface area (Å²) in [5.41, 5.74) is 1.51. The summed E-state index contributed by atoms with van der Waals surface area (Å²) in [6.07, 6.45) is 1.77. The van der Waals surface area contributed by atoms with Crippen LogP contribution in [0.2, 0.25) is 0 Å². The molecule has 3 aromatic carbocycles. The fourth-order valence-corrected chi connectivity index (χ4v) is 3.91. The number of hydrogen-bond donors (Lipinski definition) is 2. The van der Waals surface area contributed by atoms with E-state index in [4.69, 9.17) is 4.74 Å². The van der Waals surface area contributed by atoms with Gasteiger partial charge in [-0.05, 0) is 74.0 Å². The molecule has 0 aliphatic rings. The van der Waals surface area contributed by atoms with Crippen molar-refractivity contribution in [3.8, 4) is 0 Å². The van der Waals surface area contributed by atoms with Crippen molar-refractivity contribution in [2.24, 2.45) is 0 Å². The molecule has 35 heavy (non-hydrogen) atoms. The minimum Gasteiger partial charge on any atom is -0.462 e. The second-order valence-electron chi connectivity index (χ2n) is 7.77. The maximum absolute atomic E-state index is 13.8. The Hall–Kier alpha value is -3.65. The molecule has 0 radical (unpaired) electrons. The number of esters is 1. The Bertz CT molecular complexity index is 1170. The highest BCUT2D eigenvalue weighted by Crippen LogP contribution is 2.26. The van der Waals surface area contributed by atoms with Crippen LogP contribution in [0.1, 0.15) is 47.4 Å². The van der Waals surface area contributed by atoms with Crippen LogP contribution in [0, 0.1) is 5.82 Å². The summed E-state index contributed by atoms with van der Waals surface area (Å²) in [5.74, 6) is -1.69. The number of rotatable bonds is 10. The van der Waals surface area contributed by atoms with Crippen molar-refractivity contribution in [3.05, 3.63) is 89.7 Å². The minimum absolute atomic E-state index is 0.0299. The smallest absolute Gasteiger partial charge is 0.338 e. The van der Waals surface area contributed by atoms with E-state index in [1.165, 1.54) is 30.0 Å². The molecule has 0 spiro atoms. The first-order valence-electron chi connectivity index (χ1n) is 11.3. The highest BCUT2D eigenvalue weighted by Gasteiger charge is 2.16. The molecule has 8 heteroatoms. The second-order valence-corrected chi connectivity index (χ2v) is 9.19. The van der Waals surface area contributed by atoms with Crippen LogP contribution >= 0.6 is 11.8 Å². The van der Waals surface area contributed by atoms with Crippen molar-refractivity contribution >= 4 is 40.9 Å². The first kappa shape index (κ1) is 26.0. The fourth-order valence-electron chi connectivity index (χ4n) is 3.04. The number of amides is 2. The Morgan fingerprint density at radius 2 is 1.54 bits per heavy atom. The van der Waals surface area contributed by atoms with Crippen LogP contribution in [0.4, 0.5) is 15.8 Å². The van der Waals surface area contributed by atoms with E-state index in [-0.39, 0.29) is 17.4 Å². The van der Waals surface area contributed by atoms with Gasteiger partial charge in [0.05, 0.1) is 23.0 Å². The maximum Gasteiger partial charge on any atom is 0.338 e. The van der Waals surface area contributed by atoms with Gasteiger partial charge in [-0.25, -0.2) is 9.18 Å². The molecule has 6 nitrogen and oxygen atoms in total. The van der Waals surface area contributed by atoms with E-state index in [2.05, 4.69) is 10.6 Å². The molecular formula is C27H27FN2O4S. The molecule has 0 fully saturated rings. The first-order chi connectivity index (χ1) is 16.9. The number of halogens is 1. The third-order valence-electron chi connectivity index (χ3n) is 5.03.